The summed E-state index contributed by atoms with van der Waals surface area (Å²) in [7, 11) is 1.76. The monoisotopic (exact) mass is 288 g/mol. The molecule has 0 aliphatic carbocycles. The van der Waals surface area contributed by atoms with Gasteiger partial charge in [0.05, 0.1) is 5.69 Å². The van der Waals surface area contributed by atoms with E-state index in [1.165, 1.54) is 11.8 Å². The molecule has 0 aliphatic rings. The molecule has 2 heterocycles. The van der Waals surface area contributed by atoms with Crippen molar-refractivity contribution < 1.29 is 0 Å². The molecule has 1 N–H and O–H groups in total. The summed E-state index contributed by atoms with van der Waals surface area (Å²) >= 11 is 1.42. The van der Waals surface area contributed by atoms with Crippen molar-refractivity contribution in [2.45, 2.75) is 5.16 Å². The number of para-hydroxylation sites is 1. The van der Waals surface area contributed by atoms with Crippen LogP contribution in [0.3, 0.4) is 0 Å². The van der Waals surface area contributed by atoms with Crippen molar-refractivity contribution in [3.05, 3.63) is 51.2 Å². The SMILES string of the molecule is CSc1nc2[nH]c(=O)n(-c3ccccc3)c(=O)c2n1C. The van der Waals surface area contributed by atoms with Crippen LogP contribution in [0.15, 0.2) is 45.1 Å². The first-order chi connectivity index (χ1) is 9.63. The Morgan fingerprint density at radius 2 is 1.90 bits per heavy atom. The number of aryl methyl sites for hydroxylation is 1. The maximum absolute atomic E-state index is 12.6. The van der Waals surface area contributed by atoms with E-state index in [-0.39, 0.29) is 5.56 Å². The summed E-state index contributed by atoms with van der Waals surface area (Å²) in [5, 5.41) is 0.679. The molecular formula is C13H12N4O2S. The number of aromatic nitrogens is 4. The number of imidazole rings is 1. The Hall–Kier alpha value is -2.28. The predicted molar refractivity (Wildman–Crippen MR) is 78.7 cm³/mol. The maximum Gasteiger partial charge on any atom is 0.334 e. The average molecular weight is 288 g/mol. The molecule has 0 saturated carbocycles. The molecule has 0 spiro atoms. The molecule has 2 aromatic heterocycles. The van der Waals surface area contributed by atoms with Gasteiger partial charge in [-0.2, -0.15) is 0 Å². The lowest BCUT2D eigenvalue weighted by molar-refractivity contribution is 0.806. The lowest BCUT2D eigenvalue weighted by atomic mass is 10.3. The van der Waals surface area contributed by atoms with Crippen molar-refractivity contribution in [2.75, 3.05) is 6.26 Å². The first-order valence-corrected chi connectivity index (χ1v) is 7.17. The molecule has 7 heteroatoms. The molecule has 3 aromatic rings. The van der Waals surface area contributed by atoms with Crippen molar-refractivity contribution in [2.24, 2.45) is 7.05 Å². The van der Waals surface area contributed by atoms with Gasteiger partial charge in [0.25, 0.3) is 5.56 Å². The highest BCUT2D eigenvalue weighted by molar-refractivity contribution is 7.98. The predicted octanol–water partition coefficient (Wildman–Crippen LogP) is 1.13. The van der Waals surface area contributed by atoms with E-state index in [9.17, 15) is 9.59 Å². The van der Waals surface area contributed by atoms with Gasteiger partial charge in [-0.3, -0.25) is 9.78 Å². The van der Waals surface area contributed by atoms with Gasteiger partial charge >= 0.3 is 5.69 Å². The first-order valence-electron chi connectivity index (χ1n) is 5.94. The molecular weight excluding hydrogens is 276 g/mol. The van der Waals surface area contributed by atoms with Crippen LogP contribution in [0.25, 0.3) is 16.9 Å². The Kier molecular flexibility index (Phi) is 2.98. The van der Waals surface area contributed by atoms with E-state index >= 15 is 0 Å². The van der Waals surface area contributed by atoms with Gasteiger partial charge in [0.15, 0.2) is 16.3 Å². The number of thioether (sulfide) groups is 1. The van der Waals surface area contributed by atoms with Crippen LogP contribution in [0, 0.1) is 0 Å². The van der Waals surface area contributed by atoms with Crippen molar-refractivity contribution in [3.63, 3.8) is 0 Å². The Morgan fingerprint density at radius 1 is 1.20 bits per heavy atom. The van der Waals surface area contributed by atoms with Crippen LogP contribution in [0.4, 0.5) is 0 Å². The van der Waals surface area contributed by atoms with E-state index in [0.717, 1.165) is 4.57 Å². The van der Waals surface area contributed by atoms with E-state index in [1.54, 1.807) is 35.9 Å². The van der Waals surface area contributed by atoms with Gasteiger partial charge in [0.2, 0.25) is 0 Å². The lowest BCUT2D eigenvalue weighted by Gasteiger charge is -2.04. The lowest BCUT2D eigenvalue weighted by Crippen LogP contribution is -2.34. The third kappa shape index (κ3) is 1.78. The molecule has 1 aromatic carbocycles. The van der Waals surface area contributed by atoms with E-state index < -0.39 is 5.69 Å². The molecule has 20 heavy (non-hydrogen) atoms. The molecule has 3 rings (SSSR count). The van der Waals surface area contributed by atoms with Gasteiger partial charge in [0, 0.05) is 7.05 Å². The largest absolute Gasteiger partial charge is 0.334 e. The normalized spacial score (nSPS) is 11.1. The number of benzene rings is 1. The number of hydrogen-bond acceptors (Lipinski definition) is 4. The van der Waals surface area contributed by atoms with Crippen LogP contribution in [0.1, 0.15) is 0 Å². The highest BCUT2D eigenvalue weighted by atomic mass is 32.2. The van der Waals surface area contributed by atoms with Crippen molar-refractivity contribution in [3.8, 4) is 5.69 Å². The minimum atomic E-state index is -0.487. The molecule has 0 bridgehead atoms. The second-order valence-electron chi connectivity index (χ2n) is 4.26. The number of nitrogens with one attached hydrogen (secondary N) is 1. The Morgan fingerprint density at radius 3 is 2.55 bits per heavy atom. The number of aromatic amines is 1. The van der Waals surface area contributed by atoms with Gasteiger partial charge in [-0.05, 0) is 18.4 Å². The van der Waals surface area contributed by atoms with Gasteiger partial charge in [0.1, 0.15) is 0 Å². The molecule has 0 radical (unpaired) electrons. The van der Waals surface area contributed by atoms with Crippen LogP contribution in [0.5, 0.6) is 0 Å². The molecule has 0 unspecified atom stereocenters. The number of hydrogen-bond donors (Lipinski definition) is 1. The number of nitrogens with zero attached hydrogens (tertiary/aromatic N) is 3. The highest BCUT2D eigenvalue weighted by Crippen LogP contribution is 2.16. The van der Waals surface area contributed by atoms with E-state index in [4.69, 9.17) is 0 Å². The van der Waals surface area contributed by atoms with Crippen molar-refractivity contribution >= 4 is 22.9 Å². The highest BCUT2D eigenvalue weighted by Gasteiger charge is 2.15. The first kappa shape index (κ1) is 12.7. The summed E-state index contributed by atoms with van der Waals surface area (Å²) in [5.74, 6) is 0. The third-order valence-electron chi connectivity index (χ3n) is 3.09. The third-order valence-corrected chi connectivity index (χ3v) is 3.82. The zero-order valence-corrected chi connectivity index (χ0v) is 11.8. The Bertz CT molecular complexity index is 892. The molecule has 0 aliphatic heterocycles. The van der Waals surface area contributed by atoms with Gasteiger partial charge in [-0.25, -0.2) is 14.3 Å². The minimum Gasteiger partial charge on any atom is -0.316 e. The van der Waals surface area contributed by atoms with Crippen LogP contribution in [-0.2, 0) is 7.05 Å². The fourth-order valence-corrected chi connectivity index (χ4v) is 2.71. The van der Waals surface area contributed by atoms with E-state index in [1.807, 2.05) is 12.3 Å². The zero-order chi connectivity index (χ0) is 14.3. The van der Waals surface area contributed by atoms with E-state index in [0.29, 0.717) is 22.0 Å². The summed E-state index contributed by atoms with van der Waals surface area (Å²) in [4.78, 5) is 31.6. The molecule has 0 saturated heterocycles. The van der Waals surface area contributed by atoms with Crippen LogP contribution < -0.4 is 11.2 Å². The summed E-state index contributed by atoms with van der Waals surface area (Å²) in [5.41, 5.74) is 0.383. The molecule has 102 valence electrons. The molecule has 0 fully saturated rings. The van der Waals surface area contributed by atoms with Gasteiger partial charge in [-0.15, -0.1) is 0 Å². The van der Waals surface area contributed by atoms with Crippen LogP contribution in [0.2, 0.25) is 0 Å². The average Bonchev–Trinajstić information content (AvgIpc) is 2.76. The number of H-pyrrole nitrogens is 1. The fourth-order valence-electron chi connectivity index (χ4n) is 2.16. The second-order valence-corrected chi connectivity index (χ2v) is 5.03. The Labute approximate surface area is 118 Å². The quantitative estimate of drug-likeness (QED) is 0.718. The van der Waals surface area contributed by atoms with Crippen LogP contribution >= 0.6 is 11.8 Å². The van der Waals surface area contributed by atoms with Crippen molar-refractivity contribution in [1.29, 1.82) is 0 Å². The van der Waals surface area contributed by atoms with E-state index in [2.05, 4.69) is 9.97 Å². The number of rotatable bonds is 2. The standard InChI is InChI=1S/C13H12N4O2S/c1-16-9-10(15-13(16)20-2)14-12(19)17(11(9)18)8-6-4-3-5-7-8/h3-7H,1-2H3,(H,14,19). The summed E-state index contributed by atoms with van der Waals surface area (Å²) in [6.07, 6.45) is 1.87. The minimum absolute atomic E-state index is 0.319. The van der Waals surface area contributed by atoms with Crippen LogP contribution in [-0.4, -0.2) is 25.4 Å². The molecule has 0 atom stereocenters. The second kappa shape index (κ2) is 4.68. The van der Waals surface area contributed by atoms with Gasteiger partial charge < -0.3 is 4.57 Å². The summed E-state index contributed by atoms with van der Waals surface area (Å²) in [6, 6.07) is 8.82. The smallest absolute Gasteiger partial charge is 0.316 e. The number of fused-ring (bicyclic) bond motifs is 1. The van der Waals surface area contributed by atoms with Gasteiger partial charge in [-0.1, -0.05) is 30.0 Å². The van der Waals surface area contributed by atoms with Crippen molar-refractivity contribution in [1.82, 2.24) is 19.1 Å². The molecule has 6 nitrogen and oxygen atoms in total. The topological polar surface area (TPSA) is 72.7 Å². The summed E-state index contributed by atoms with van der Waals surface area (Å²) in [6.45, 7) is 0. The zero-order valence-electron chi connectivity index (χ0n) is 11.0. The summed E-state index contributed by atoms with van der Waals surface area (Å²) < 4.78 is 2.81. The fraction of sp³-hybridized carbons (Fsp3) is 0.154. The maximum atomic E-state index is 12.6. The molecule has 0 amide bonds. The Balaban J connectivity index is 2.44.